The summed E-state index contributed by atoms with van der Waals surface area (Å²) in [4.78, 5) is 30.8. The number of urea groups is 1. The summed E-state index contributed by atoms with van der Waals surface area (Å²) in [6, 6.07) is 0.0473. The molecule has 2 heterocycles. The summed E-state index contributed by atoms with van der Waals surface area (Å²) in [7, 11) is -3.19. The van der Waals surface area contributed by atoms with E-state index in [1.165, 1.54) is 6.26 Å². The van der Waals surface area contributed by atoms with E-state index in [1.54, 1.807) is 4.90 Å². The van der Waals surface area contributed by atoms with Crippen molar-refractivity contribution in [1.82, 2.24) is 19.4 Å². The second-order valence-electron chi connectivity index (χ2n) is 10.0. The van der Waals surface area contributed by atoms with Crippen LogP contribution in [0.3, 0.4) is 0 Å². The SMILES string of the molecule is CC(C)(C)OC(=O)N1CCN2C(=O)N(C34CC(CNS(C)(=O)=O)(C3)C4)C[C@@H]2C1. The van der Waals surface area contributed by atoms with E-state index in [9.17, 15) is 18.0 Å². The second kappa shape index (κ2) is 5.98. The molecule has 3 aliphatic carbocycles. The van der Waals surface area contributed by atoms with Crippen LogP contribution in [0.1, 0.15) is 40.0 Å². The Hall–Kier alpha value is -1.55. The third kappa shape index (κ3) is 3.34. The van der Waals surface area contributed by atoms with Gasteiger partial charge in [-0.15, -0.1) is 0 Å². The highest BCUT2D eigenvalue weighted by Crippen LogP contribution is 2.70. The zero-order chi connectivity index (χ0) is 20.5. The number of nitrogens with one attached hydrogen (secondary N) is 1. The largest absolute Gasteiger partial charge is 0.444 e. The Balaban J connectivity index is 1.34. The van der Waals surface area contributed by atoms with Crippen LogP contribution in [-0.2, 0) is 14.8 Å². The third-order valence-corrected chi connectivity index (χ3v) is 7.07. The molecule has 1 atom stereocenters. The molecule has 2 bridgehead atoms. The van der Waals surface area contributed by atoms with Crippen LogP contribution in [0.4, 0.5) is 9.59 Å². The first-order valence-electron chi connectivity index (χ1n) is 9.82. The molecule has 3 saturated carbocycles. The van der Waals surface area contributed by atoms with Crippen LogP contribution in [0.25, 0.3) is 0 Å². The second-order valence-corrected chi connectivity index (χ2v) is 11.8. The lowest BCUT2D eigenvalue weighted by molar-refractivity contribution is -0.194. The molecule has 0 spiro atoms. The maximum absolute atomic E-state index is 12.9. The van der Waals surface area contributed by atoms with Crippen LogP contribution in [0.15, 0.2) is 0 Å². The Kier molecular flexibility index (Phi) is 4.22. The number of hydrogen-bond donors (Lipinski definition) is 1. The Morgan fingerprint density at radius 2 is 1.86 bits per heavy atom. The minimum Gasteiger partial charge on any atom is -0.444 e. The first-order valence-corrected chi connectivity index (χ1v) is 11.7. The van der Waals surface area contributed by atoms with Gasteiger partial charge in [-0.05, 0) is 45.4 Å². The van der Waals surface area contributed by atoms with Crippen LogP contribution >= 0.6 is 0 Å². The van der Waals surface area contributed by atoms with E-state index in [0.717, 1.165) is 19.3 Å². The number of carbonyl (C=O) groups is 2. The van der Waals surface area contributed by atoms with Gasteiger partial charge in [0.25, 0.3) is 0 Å². The average molecular weight is 415 g/mol. The van der Waals surface area contributed by atoms with Crippen molar-refractivity contribution in [3.8, 4) is 0 Å². The van der Waals surface area contributed by atoms with E-state index in [4.69, 9.17) is 4.74 Å². The molecule has 0 aromatic rings. The fraction of sp³-hybridized carbons (Fsp3) is 0.889. The van der Waals surface area contributed by atoms with Gasteiger partial charge in [0.05, 0.1) is 12.3 Å². The van der Waals surface area contributed by atoms with Crippen LogP contribution in [-0.4, -0.2) is 91.4 Å². The highest BCUT2D eigenvalue weighted by molar-refractivity contribution is 7.88. The molecule has 9 nitrogen and oxygen atoms in total. The summed E-state index contributed by atoms with van der Waals surface area (Å²) in [5.74, 6) is 0. The van der Waals surface area contributed by atoms with Crippen molar-refractivity contribution in [1.29, 1.82) is 0 Å². The predicted molar refractivity (Wildman–Crippen MR) is 102 cm³/mol. The van der Waals surface area contributed by atoms with Crippen molar-refractivity contribution in [3.63, 3.8) is 0 Å². The lowest BCUT2D eigenvalue weighted by atomic mass is 9.39. The van der Waals surface area contributed by atoms with Gasteiger partial charge in [-0.2, -0.15) is 0 Å². The fourth-order valence-corrected chi connectivity index (χ4v) is 5.86. The minimum atomic E-state index is -3.19. The minimum absolute atomic E-state index is 0.00659. The van der Waals surface area contributed by atoms with Gasteiger partial charge in [-0.3, -0.25) is 0 Å². The van der Waals surface area contributed by atoms with Crippen molar-refractivity contribution in [2.45, 2.75) is 57.2 Å². The Morgan fingerprint density at radius 1 is 1.21 bits per heavy atom. The molecule has 0 radical (unpaired) electrons. The zero-order valence-corrected chi connectivity index (χ0v) is 17.8. The molecule has 1 N–H and O–H groups in total. The fourth-order valence-electron chi connectivity index (χ4n) is 5.29. The molecule has 28 heavy (non-hydrogen) atoms. The maximum Gasteiger partial charge on any atom is 0.410 e. The monoisotopic (exact) mass is 414 g/mol. The van der Waals surface area contributed by atoms with Crippen molar-refractivity contribution < 1.29 is 22.7 Å². The topological polar surface area (TPSA) is 99.3 Å². The molecule has 5 fully saturated rings. The normalized spacial score (nSPS) is 34.6. The predicted octanol–water partition coefficient (Wildman–Crippen LogP) is 0.815. The van der Waals surface area contributed by atoms with E-state index >= 15 is 0 Å². The van der Waals surface area contributed by atoms with Gasteiger partial charge < -0.3 is 19.4 Å². The number of nitrogens with zero attached hydrogens (tertiary/aromatic N) is 3. The Morgan fingerprint density at radius 3 is 2.43 bits per heavy atom. The first-order chi connectivity index (χ1) is 12.8. The van der Waals surface area contributed by atoms with Gasteiger partial charge in [0.2, 0.25) is 10.0 Å². The molecule has 0 unspecified atom stereocenters. The molecular formula is C18H30N4O5S. The lowest BCUT2D eigenvalue weighted by Crippen LogP contribution is -2.77. The van der Waals surface area contributed by atoms with E-state index in [1.807, 2.05) is 30.6 Å². The summed E-state index contributed by atoms with van der Waals surface area (Å²) < 4.78 is 30.8. The zero-order valence-electron chi connectivity index (χ0n) is 17.0. The lowest BCUT2D eigenvalue weighted by Gasteiger charge is -2.73. The van der Waals surface area contributed by atoms with Crippen molar-refractivity contribution in [2.24, 2.45) is 5.41 Å². The average Bonchev–Trinajstić information content (AvgIpc) is 2.78. The van der Waals surface area contributed by atoms with Crippen LogP contribution in [0.5, 0.6) is 0 Å². The number of piperazine rings is 1. The number of sulfonamides is 1. The van der Waals surface area contributed by atoms with Gasteiger partial charge >= 0.3 is 12.1 Å². The molecule has 0 aromatic heterocycles. The molecule has 10 heteroatoms. The van der Waals surface area contributed by atoms with Crippen molar-refractivity contribution in [3.05, 3.63) is 0 Å². The molecule has 5 rings (SSSR count). The smallest absolute Gasteiger partial charge is 0.410 e. The van der Waals surface area contributed by atoms with E-state index in [0.29, 0.717) is 32.7 Å². The number of rotatable bonds is 4. The molecular weight excluding hydrogens is 384 g/mol. The molecule has 3 amide bonds. The number of hydrogen-bond acceptors (Lipinski definition) is 5. The summed E-state index contributed by atoms with van der Waals surface area (Å²) >= 11 is 0. The number of carbonyl (C=O) groups excluding carboxylic acids is 2. The molecule has 2 aliphatic heterocycles. The van der Waals surface area contributed by atoms with Crippen LogP contribution in [0.2, 0.25) is 0 Å². The quantitative estimate of drug-likeness (QED) is 0.734. The summed E-state index contributed by atoms with van der Waals surface area (Å²) in [5.41, 5.74) is -0.648. The Bertz CT molecular complexity index is 786. The highest BCUT2D eigenvalue weighted by atomic mass is 32.2. The highest BCUT2D eigenvalue weighted by Gasteiger charge is 2.72. The van der Waals surface area contributed by atoms with Crippen LogP contribution < -0.4 is 4.72 Å². The van der Waals surface area contributed by atoms with Crippen molar-refractivity contribution >= 4 is 22.1 Å². The van der Waals surface area contributed by atoms with Gasteiger partial charge in [0.15, 0.2) is 0 Å². The summed E-state index contributed by atoms with van der Waals surface area (Å²) in [5, 5.41) is 0. The van der Waals surface area contributed by atoms with Crippen molar-refractivity contribution in [2.75, 3.05) is 39.0 Å². The third-order valence-electron chi connectivity index (χ3n) is 6.40. The van der Waals surface area contributed by atoms with Crippen LogP contribution in [0, 0.1) is 5.41 Å². The number of fused-ring (bicyclic) bond motifs is 1. The van der Waals surface area contributed by atoms with Gasteiger partial charge in [-0.1, -0.05) is 0 Å². The Labute approximate surface area is 166 Å². The van der Waals surface area contributed by atoms with E-state index < -0.39 is 15.6 Å². The summed E-state index contributed by atoms with van der Waals surface area (Å²) in [6.45, 7) is 8.12. The molecule has 5 aliphatic rings. The van der Waals surface area contributed by atoms with Gasteiger partial charge in [0.1, 0.15) is 5.60 Å². The van der Waals surface area contributed by atoms with Gasteiger partial charge in [-0.25, -0.2) is 22.7 Å². The molecule has 0 aromatic carbocycles. The first kappa shape index (κ1) is 19.8. The van der Waals surface area contributed by atoms with E-state index in [2.05, 4.69) is 4.72 Å². The summed E-state index contributed by atoms with van der Waals surface area (Å²) in [6.07, 6.45) is 3.40. The number of ether oxygens (including phenoxy) is 1. The molecule has 2 saturated heterocycles. The standard InChI is InChI=1S/C18H30N4O5S/c1-16(2,3)27-15(24)20-5-6-21-13(7-20)8-22(14(21)23)18-9-17(10-18,11-18)12-19-28(4,25)26/h13,19H,5-12H2,1-4H3/t13-,17?,18?/m0/s1. The van der Waals surface area contributed by atoms with Gasteiger partial charge in [0, 0.05) is 38.3 Å². The maximum atomic E-state index is 12.9. The number of amides is 3. The molecule has 158 valence electrons. The van der Waals surface area contributed by atoms with E-state index in [-0.39, 0.29) is 29.1 Å².